The molecule has 5 nitrogen and oxygen atoms in total. The second-order valence-electron chi connectivity index (χ2n) is 5.66. The van der Waals surface area contributed by atoms with Gasteiger partial charge in [-0.2, -0.15) is 0 Å². The second-order valence-corrected chi connectivity index (χ2v) is 5.66. The molecule has 0 unspecified atom stereocenters. The fourth-order valence-electron chi connectivity index (χ4n) is 2.70. The summed E-state index contributed by atoms with van der Waals surface area (Å²) in [7, 11) is 6.54. The van der Waals surface area contributed by atoms with E-state index < -0.39 is 0 Å². The van der Waals surface area contributed by atoms with Crippen molar-refractivity contribution in [3.8, 4) is 45.3 Å². The predicted molar refractivity (Wildman–Crippen MR) is 101 cm³/mol. The molecule has 134 valence electrons. The van der Waals surface area contributed by atoms with Crippen LogP contribution < -0.4 is 18.9 Å². The number of pyridine rings is 1. The van der Waals surface area contributed by atoms with Crippen molar-refractivity contribution in [3.63, 3.8) is 0 Å². The molecule has 0 saturated carbocycles. The van der Waals surface area contributed by atoms with Crippen molar-refractivity contribution in [1.29, 1.82) is 0 Å². The van der Waals surface area contributed by atoms with Crippen LogP contribution in [-0.4, -0.2) is 33.4 Å². The van der Waals surface area contributed by atoms with Crippen LogP contribution in [0, 0.1) is 0 Å². The highest BCUT2D eigenvalue weighted by molar-refractivity contribution is 5.74. The molecular weight excluding hydrogens is 330 g/mol. The van der Waals surface area contributed by atoms with Crippen LogP contribution in [0.25, 0.3) is 22.3 Å². The third-order valence-corrected chi connectivity index (χ3v) is 4.11. The van der Waals surface area contributed by atoms with Gasteiger partial charge in [0.25, 0.3) is 0 Å². The second kappa shape index (κ2) is 7.78. The van der Waals surface area contributed by atoms with E-state index in [9.17, 15) is 0 Å². The minimum Gasteiger partial charge on any atom is -0.497 e. The number of ether oxygens (including phenoxy) is 4. The molecule has 0 N–H and O–H groups in total. The quantitative estimate of drug-likeness (QED) is 0.657. The molecule has 5 heteroatoms. The van der Waals surface area contributed by atoms with E-state index >= 15 is 0 Å². The topological polar surface area (TPSA) is 49.8 Å². The van der Waals surface area contributed by atoms with E-state index in [0.717, 1.165) is 45.3 Å². The zero-order valence-corrected chi connectivity index (χ0v) is 15.3. The van der Waals surface area contributed by atoms with Gasteiger partial charge in [-0.1, -0.05) is 0 Å². The van der Waals surface area contributed by atoms with Gasteiger partial charge in [-0.05, 0) is 41.5 Å². The van der Waals surface area contributed by atoms with Gasteiger partial charge in [0.2, 0.25) is 0 Å². The van der Waals surface area contributed by atoms with E-state index in [1.165, 1.54) is 0 Å². The number of hydrogen-bond acceptors (Lipinski definition) is 5. The lowest BCUT2D eigenvalue weighted by Crippen LogP contribution is -1.91. The van der Waals surface area contributed by atoms with E-state index in [-0.39, 0.29) is 0 Å². The predicted octanol–water partition coefficient (Wildman–Crippen LogP) is 4.45. The van der Waals surface area contributed by atoms with Gasteiger partial charge < -0.3 is 18.9 Å². The largest absolute Gasteiger partial charge is 0.497 e. The average molecular weight is 351 g/mol. The molecule has 0 amide bonds. The molecule has 1 heterocycles. The van der Waals surface area contributed by atoms with Gasteiger partial charge in [-0.3, -0.25) is 4.98 Å². The highest BCUT2D eigenvalue weighted by Gasteiger charge is 2.09. The molecule has 3 aromatic rings. The zero-order valence-electron chi connectivity index (χ0n) is 15.3. The lowest BCUT2D eigenvalue weighted by atomic mass is 10.0. The van der Waals surface area contributed by atoms with Gasteiger partial charge in [0.15, 0.2) is 0 Å². The van der Waals surface area contributed by atoms with E-state index in [4.69, 9.17) is 18.9 Å². The molecule has 0 fully saturated rings. The number of nitrogens with zero attached hydrogens (tertiary/aromatic N) is 1. The molecule has 0 bridgehead atoms. The summed E-state index contributed by atoms with van der Waals surface area (Å²) in [6.45, 7) is 0. The molecular formula is C21H21NO4. The maximum absolute atomic E-state index is 5.36. The Morgan fingerprint density at radius 3 is 1.12 bits per heavy atom. The van der Waals surface area contributed by atoms with Crippen molar-refractivity contribution in [3.05, 3.63) is 54.9 Å². The molecule has 0 radical (unpaired) electrons. The maximum atomic E-state index is 5.36. The minimum atomic E-state index is 0.729. The smallest absolute Gasteiger partial charge is 0.123 e. The Morgan fingerprint density at radius 2 is 0.808 bits per heavy atom. The first-order valence-electron chi connectivity index (χ1n) is 8.08. The average Bonchev–Trinajstić information content (AvgIpc) is 2.72. The van der Waals surface area contributed by atoms with Gasteiger partial charge in [0, 0.05) is 35.7 Å². The van der Waals surface area contributed by atoms with Crippen LogP contribution in [0.15, 0.2) is 54.9 Å². The fourth-order valence-corrected chi connectivity index (χ4v) is 2.70. The molecule has 3 rings (SSSR count). The molecule has 0 saturated heterocycles. The van der Waals surface area contributed by atoms with Gasteiger partial charge in [0.1, 0.15) is 23.0 Å². The van der Waals surface area contributed by atoms with Crippen LogP contribution in [-0.2, 0) is 0 Å². The summed E-state index contributed by atoms with van der Waals surface area (Å²) in [6, 6.07) is 13.6. The third-order valence-electron chi connectivity index (χ3n) is 4.11. The van der Waals surface area contributed by atoms with Crippen LogP contribution in [0.2, 0.25) is 0 Å². The van der Waals surface area contributed by atoms with Crippen LogP contribution >= 0.6 is 0 Å². The Labute approximate surface area is 153 Å². The maximum Gasteiger partial charge on any atom is 0.123 e. The first-order valence-corrected chi connectivity index (χ1v) is 8.08. The van der Waals surface area contributed by atoms with E-state index in [2.05, 4.69) is 11.1 Å². The highest BCUT2D eigenvalue weighted by atomic mass is 16.5. The van der Waals surface area contributed by atoms with E-state index in [0.29, 0.717) is 0 Å². The summed E-state index contributed by atoms with van der Waals surface area (Å²) < 4.78 is 21.4. The van der Waals surface area contributed by atoms with Crippen LogP contribution in [0.4, 0.5) is 0 Å². The minimum absolute atomic E-state index is 0.729. The van der Waals surface area contributed by atoms with Crippen molar-refractivity contribution < 1.29 is 18.9 Å². The SMILES string of the molecule is COc1cc(OC)cc(-c2cncc(-c3cc(OC)cc(OC)c3)c2)c1. The lowest BCUT2D eigenvalue weighted by molar-refractivity contribution is 0.394. The number of aromatic nitrogens is 1. The standard InChI is InChI=1S/C21H21NO4/c1-23-18-6-14(7-19(10-18)24-2)16-5-17(13-22-12-16)15-8-20(25-3)11-21(9-15)26-4/h5-13H,1-4H3. The first kappa shape index (κ1) is 17.6. The number of methoxy groups -OCH3 is 4. The number of rotatable bonds is 6. The fraction of sp³-hybridized carbons (Fsp3) is 0.190. The Kier molecular flexibility index (Phi) is 5.27. The molecule has 0 atom stereocenters. The summed E-state index contributed by atoms with van der Waals surface area (Å²) >= 11 is 0. The lowest BCUT2D eigenvalue weighted by Gasteiger charge is -2.11. The van der Waals surface area contributed by atoms with E-state index in [1.807, 2.05) is 48.8 Å². The Hall–Kier alpha value is -3.21. The highest BCUT2D eigenvalue weighted by Crippen LogP contribution is 2.33. The van der Waals surface area contributed by atoms with Gasteiger partial charge in [-0.25, -0.2) is 0 Å². The Balaban J connectivity index is 2.07. The van der Waals surface area contributed by atoms with E-state index in [1.54, 1.807) is 28.4 Å². The Bertz CT molecular complexity index is 793. The molecule has 26 heavy (non-hydrogen) atoms. The van der Waals surface area contributed by atoms with Crippen molar-refractivity contribution in [2.24, 2.45) is 0 Å². The Morgan fingerprint density at radius 1 is 0.462 bits per heavy atom. The summed E-state index contributed by atoms with van der Waals surface area (Å²) in [4.78, 5) is 4.40. The molecule has 0 aliphatic heterocycles. The first-order chi connectivity index (χ1) is 12.7. The molecule has 2 aromatic carbocycles. The van der Waals surface area contributed by atoms with Gasteiger partial charge in [0.05, 0.1) is 28.4 Å². The number of benzene rings is 2. The van der Waals surface area contributed by atoms with Crippen molar-refractivity contribution >= 4 is 0 Å². The van der Waals surface area contributed by atoms with Crippen LogP contribution in [0.3, 0.4) is 0 Å². The monoisotopic (exact) mass is 351 g/mol. The summed E-state index contributed by atoms with van der Waals surface area (Å²) in [5.74, 6) is 2.92. The zero-order chi connectivity index (χ0) is 18.5. The molecule has 1 aromatic heterocycles. The summed E-state index contributed by atoms with van der Waals surface area (Å²) in [5, 5.41) is 0. The van der Waals surface area contributed by atoms with Gasteiger partial charge >= 0.3 is 0 Å². The summed E-state index contributed by atoms with van der Waals surface area (Å²) in [5.41, 5.74) is 3.85. The molecule has 0 spiro atoms. The van der Waals surface area contributed by atoms with Crippen molar-refractivity contribution in [2.45, 2.75) is 0 Å². The van der Waals surface area contributed by atoms with Crippen molar-refractivity contribution in [1.82, 2.24) is 4.98 Å². The van der Waals surface area contributed by atoms with Crippen LogP contribution in [0.5, 0.6) is 23.0 Å². The molecule has 0 aliphatic carbocycles. The van der Waals surface area contributed by atoms with Crippen molar-refractivity contribution in [2.75, 3.05) is 28.4 Å². The summed E-state index contributed by atoms with van der Waals surface area (Å²) in [6.07, 6.45) is 3.63. The van der Waals surface area contributed by atoms with Gasteiger partial charge in [-0.15, -0.1) is 0 Å². The molecule has 0 aliphatic rings. The number of hydrogen-bond donors (Lipinski definition) is 0. The normalized spacial score (nSPS) is 10.3. The van der Waals surface area contributed by atoms with Crippen LogP contribution in [0.1, 0.15) is 0 Å². The third kappa shape index (κ3) is 3.72.